The number of hydrogen-bond acceptors (Lipinski definition) is 7. The zero-order valence-electron chi connectivity index (χ0n) is 15.5. The molecule has 0 amide bonds. The van der Waals surface area contributed by atoms with Crippen LogP contribution in [0.15, 0.2) is 35.4 Å². The molecule has 0 spiro atoms. The molecule has 0 atom stereocenters. The van der Waals surface area contributed by atoms with Gasteiger partial charge in [-0.05, 0) is 36.6 Å². The van der Waals surface area contributed by atoms with Crippen molar-refractivity contribution in [3.05, 3.63) is 36.0 Å². The third kappa shape index (κ3) is 6.69. The van der Waals surface area contributed by atoms with Crippen molar-refractivity contribution in [2.45, 2.75) is 37.0 Å². The normalized spacial score (nSPS) is 15.8. The Kier molecular flexibility index (Phi) is 11.0. The topological polar surface area (TPSA) is 118 Å². The minimum Gasteiger partial charge on any atom is -0.748 e. The Morgan fingerprint density at radius 1 is 1.08 bits per heavy atom. The molecule has 1 aromatic rings. The fourth-order valence-electron chi connectivity index (χ4n) is 2.85. The van der Waals surface area contributed by atoms with E-state index in [1.165, 1.54) is 12.1 Å². The second-order valence-electron chi connectivity index (χ2n) is 6.33. The van der Waals surface area contributed by atoms with Crippen molar-refractivity contribution < 1.29 is 129 Å². The Hall–Kier alpha value is 1.85. The molecule has 0 saturated carbocycles. The second-order valence-corrected chi connectivity index (χ2v) is 9.23. The van der Waals surface area contributed by atoms with Gasteiger partial charge in [0.15, 0.2) is 0 Å². The quantitative estimate of drug-likeness (QED) is 0.243. The molecule has 0 saturated heterocycles. The molecule has 1 aliphatic rings. The van der Waals surface area contributed by atoms with Crippen molar-refractivity contribution in [2.75, 3.05) is 17.2 Å². The zero-order chi connectivity index (χ0) is 18.3. The van der Waals surface area contributed by atoms with Crippen molar-refractivity contribution >= 4 is 25.9 Å². The molecule has 0 aliphatic carbocycles. The van der Waals surface area contributed by atoms with Gasteiger partial charge in [0.05, 0.1) is 15.0 Å². The zero-order valence-corrected chi connectivity index (χ0v) is 23.4. The van der Waals surface area contributed by atoms with Gasteiger partial charge in [-0.2, -0.15) is 0 Å². The van der Waals surface area contributed by atoms with Gasteiger partial charge < -0.3 is 14.0 Å². The number of nitrogens with zero attached hydrogens (tertiary/aromatic N) is 1. The molecule has 0 radical (unpaired) electrons. The Morgan fingerprint density at radius 2 is 1.65 bits per heavy atom. The third-order valence-electron chi connectivity index (χ3n) is 4.29. The van der Waals surface area contributed by atoms with E-state index in [4.69, 9.17) is 0 Å². The molecule has 134 valence electrons. The van der Waals surface area contributed by atoms with E-state index in [2.05, 4.69) is 6.58 Å². The average Bonchev–Trinajstić information content (AvgIpc) is 2.61. The molecule has 0 aromatic heterocycles. The molecule has 26 heavy (non-hydrogen) atoms. The summed E-state index contributed by atoms with van der Waals surface area (Å²) in [5.41, 5.74) is 1.59. The molecule has 1 aromatic carbocycles. The predicted octanol–water partition coefficient (Wildman–Crippen LogP) is -4.46. The molecule has 2 rings (SSSR count). The summed E-state index contributed by atoms with van der Waals surface area (Å²) in [6.45, 7) is 8.24. The van der Waals surface area contributed by atoms with Crippen molar-refractivity contribution in [2.24, 2.45) is 0 Å². The molecule has 0 N–H and O–H groups in total. The first-order valence-corrected chi connectivity index (χ1v) is 10.3. The summed E-state index contributed by atoms with van der Waals surface area (Å²) in [4.78, 5) is 1.58. The number of fused-ring (bicyclic) bond motifs is 1. The number of benzene rings is 1. The van der Waals surface area contributed by atoms with Gasteiger partial charge in [0.2, 0.25) is 0 Å². The standard InChI is InChI=1S/C15H21NO6S2.2K/c1-11-15(2,3)13-10-12(24(20,21)22)6-7-14(13)16(11)8-4-5-9-23(17,18)19;;/h6-7,10H,1,4-5,8-9H2,2-3H3,(H,17,18,19)(H,20,21,22);;/q;2*+1/p-2. The summed E-state index contributed by atoms with van der Waals surface area (Å²) < 4.78 is 65.7. The predicted molar refractivity (Wildman–Crippen MR) is 87.7 cm³/mol. The average molecular weight is 452 g/mol. The molecular formula is C15H19K2NO6S2. The Morgan fingerprint density at radius 3 is 2.15 bits per heavy atom. The molecular weight excluding hydrogens is 432 g/mol. The van der Waals surface area contributed by atoms with Gasteiger partial charge >= 0.3 is 103 Å². The van der Waals surface area contributed by atoms with Crippen molar-refractivity contribution in [1.29, 1.82) is 0 Å². The van der Waals surface area contributed by atoms with Gasteiger partial charge in [0.25, 0.3) is 0 Å². The minimum absolute atomic E-state index is 0. The monoisotopic (exact) mass is 451 g/mol. The van der Waals surface area contributed by atoms with Gasteiger partial charge in [0, 0.05) is 29.1 Å². The maximum absolute atomic E-state index is 11.2. The first-order chi connectivity index (χ1) is 10.8. The van der Waals surface area contributed by atoms with Crippen LogP contribution < -0.4 is 108 Å². The van der Waals surface area contributed by atoms with Gasteiger partial charge in [-0.15, -0.1) is 0 Å². The van der Waals surface area contributed by atoms with Crippen LogP contribution in [0.4, 0.5) is 5.69 Å². The summed E-state index contributed by atoms with van der Waals surface area (Å²) in [7, 11) is -8.78. The molecule has 0 unspecified atom stereocenters. The van der Waals surface area contributed by atoms with Crippen molar-refractivity contribution in [3.63, 3.8) is 0 Å². The largest absolute Gasteiger partial charge is 1.00 e. The fraction of sp³-hybridized carbons (Fsp3) is 0.467. The van der Waals surface area contributed by atoms with E-state index in [0.717, 1.165) is 11.4 Å². The molecule has 0 fully saturated rings. The van der Waals surface area contributed by atoms with Crippen LogP contribution in [0, 0.1) is 0 Å². The maximum Gasteiger partial charge on any atom is 1.00 e. The summed E-state index contributed by atoms with van der Waals surface area (Å²) in [6, 6.07) is 4.18. The van der Waals surface area contributed by atoms with Crippen LogP contribution in [0.25, 0.3) is 0 Å². The number of anilines is 1. The smallest absolute Gasteiger partial charge is 0.748 e. The van der Waals surface area contributed by atoms with Gasteiger partial charge in [-0.3, -0.25) is 0 Å². The van der Waals surface area contributed by atoms with Gasteiger partial charge in [0.1, 0.15) is 10.1 Å². The van der Waals surface area contributed by atoms with E-state index in [1.807, 2.05) is 18.7 Å². The van der Waals surface area contributed by atoms with E-state index in [9.17, 15) is 25.9 Å². The van der Waals surface area contributed by atoms with Crippen molar-refractivity contribution in [3.8, 4) is 0 Å². The number of allylic oxidation sites excluding steroid dienone is 1. The van der Waals surface area contributed by atoms with Crippen LogP contribution in [0.1, 0.15) is 32.3 Å². The number of unbranched alkanes of at least 4 members (excludes halogenated alkanes) is 1. The van der Waals surface area contributed by atoms with E-state index in [1.54, 1.807) is 6.07 Å². The van der Waals surface area contributed by atoms with E-state index in [-0.39, 0.29) is 114 Å². The summed E-state index contributed by atoms with van der Waals surface area (Å²) in [5.74, 6) is -0.420. The van der Waals surface area contributed by atoms with Gasteiger partial charge in [-0.25, -0.2) is 16.8 Å². The number of hydrogen-bond donors (Lipinski definition) is 0. The molecule has 1 heterocycles. The molecule has 1 aliphatic heterocycles. The summed E-state index contributed by atoms with van der Waals surface area (Å²) in [5, 5.41) is 0. The van der Waals surface area contributed by atoms with Crippen molar-refractivity contribution in [1.82, 2.24) is 0 Å². The van der Waals surface area contributed by atoms with Crippen LogP contribution >= 0.6 is 0 Å². The molecule has 7 nitrogen and oxygen atoms in total. The van der Waals surface area contributed by atoms with Gasteiger partial charge in [-0.1, -0.05) is 20.4 Å². The summed E-state index contributed by atoms with van der Waals surface area (Å²) in [6.07, 6.45) is 0.704. The van der Waals surface area contributed by atoms with E-state index >= 15 is 0 Å². The Balaban J connectivity index is 0.00000312. The van der Waals surface area contributed by atoms with E-state index < -0.39 is 31.4 Å². The first-order valence-electron chi connectivity index (χ1n) is 7.35. The van der Waals surface area contributed by atoms with Crippen LogP contribution in [0.5, 0.6) is 0 Å². The number of rotatable bonds is 6. The second kappa shape index (κ2) is 10.2. The Labute approximate surface area is 240 Å². The molecule has 0 bridgehead atoms. The van der Waals surface area contributed by atoms with E-state index in [0.29, 0.717) is 18.5 Å². The van der Waals surface area contributed by atoms with Crippen LogP contribution in [0.3, 0.4) is 0 Å². The Bertz CT molecular complexity index is 881. The minimum atomic E-state index is -4.55. The third-order valence-corrected chi connectivity index (χ3v) is 5.91. The first kappa shape index (κ1) is 27.9. The van der Waals surface area contributed by atoms with Crippen LogP contribution in [-0.2, 0) is 25.7 Å². The summed E-state index contributed by atoms with van der Waals surface area (Å²) >= 11 is 0. The fourth-order valence-corrected chi connectivity index (χ4v) is 3.90. The SMILES string of the molecule is C=C1N(CCCCS(=O)(=O)[O-])c2ccc(S(=O)(=O)[O-])cc2C1(C)C.[K+].[K+]. The maximum atomic E-state index is 11.2. The van der Waals surface area contributed by atoms with Crippen LogP contribution in [-0.4, -0.2) is 38.2 Å². The van der Waals surface area contributed by atoms with Crippen LogP contribution in [0.2, 0.25) is 0 Å². The molecule has 11 heteroatoms.